The van der Waals surface area contributed by atoms with E-state index in [1.807, 2.05) is 11.0 Å². The van der Waals surface area contributed by atoms with Gasteiger partial charge in [0.15, 0.2) is 9.84 Å². The second-order valence-electron chi connectivity index (χ2n) is 4.88. The Morgan fingerprint density at radius 1 is 1.30 bits per heavy atom. The van der Waals surface area contributed by atoms with Crippen LogP contribution in [-0.4, -0.2) is 62.2 Å². The highest BCUT2D eigenvalue weighted by Gasteiger charge is 2.22. The Balaban J connectivity index is 2.09. The zero-order valence-corrected chi connectivity index (χ0v) is 12.1. The van der Waals surface area contributed by atoms with Crippen LogP contribution in [0.2, 0.25) is 0 Å². The maximum Gasteiger partial charge on any atom is 0.492 e. The van der Waals surface area contributed by atoms with Crippen LogP contribution in [0.1, 0.15) is 5.56 Å². The normalized spacial score (nSPS) is 18.8. The molecule has 0 spiro atoms. The molecular formula is C12H18BNO5S. The molecule has 20 heavy (non-hydrogen) atoms. The maximum atomic E-state index is 11.4. The lowest BCUT2D eigenvalue weighted by Gasteiger charge is -2.26. The highest BCUT2D eigenvalue weighted by atomic mass is 32.2. The minimum absolute atomic E-state index is 0.179. The molecule has 0 radical (unpaired) electrons. The average molecular weight is 299 g/mol. The molecular weight excluding hydrogens is 281 g/mol. The van der Waals surface area contributed by atoms with E-state index in [0.29, 0.717) is 30.8 Å². The van der Waals surface area contributed by atoms with Gasteiger partial charge in [-0.25, -0.2) is 8.42 Å². The molecule has 1 aromatic carbocycles. The molecule has 1 heterocycles. The van der Waals surface area contributed by atoms with Crippen molar-refractivity contribution in [3.8, 4) is 5.75 Å². The lowest BCUT2D eigenvalue weighted by atomic mass is 9.78. The van der Waals surface area contributed by atoms with E-state index in [2.05, 4.69) is 0 Å². The van der Waals surface area contributed by atoms with Gasteiger partial charge in [-0.1, -0.05) is 12.1 Å². The first-order chi connectivity index (χ1) is 9.41. The Morgan fingerprint density at radius 3 is 2.50 bits per heavy atom. The molecule has 2 N–H and O–H groups in total. The number of methoxy groups -OCH3 is 1. The summed E-state index contributed by atoms with van der Waals surface area (Å²) in [5, 5.41) is 18.6. The second kappa shape index (κ2) is 6.13. The molecule has 0 aromatic heterocycles. The quantitative estimate of drug-likeness (QED) is 0.665. The van der Waals surface area contributed by atoms with E-state index in [-0.39, 0.29) is 11.5 Å². The molecule has 1 saturated heterocycles. The van der Waals surface area contributed by atoms with E-state index in [1.165, 1.54) is 7.11 Å². The van der Waals surface area contributed by atoms with Crippen molar-refractivity contribution in [2.24, 2.45) is 0 Å². The van der Waals surface area contributed by atoms with Gasteiger partial charge >= 0.3 is 7.12 Å². The number of hydrogen-bond donors (Lipinski definition) is 2. The van der Waals surface area contributed by atoms with Crippen molar-refractivity contribution in [1.82, 2.24) is 4.90 Å². The van der Waals surface area contributed by atoms with Gasteiger partial charge in [0.25, 0.3) is 0 Å². The van der Waals surface area contributed by atoms with Crippen molar-refractivity contribution in [1.29, 1.82) is 0 Å². The van der Waals surface area contributed by atoms with Crippen molar-refractivity contribution in [3.05, 3.63) is 23.8 Å². The SMILES string of the molecule is COc1ccc(CN2CCS(=O)(=O)CC2)cc1B(O)O. The zero-order valence-electron chi connectivity index (χ0n) is 11.3. The predicted octanol–water partition coefficient (Wildman–Crippen LogP) is -1.39. The Bertz CT molecular complexity index is 561. The zero-order chi connectivity index (χ0) is 14.8. The van der Waals surface area contributed by atoms with Gasteiger partial charge in [-0.15, -0.1) is 0 Å². The largest absolute Gasteiger partial charge is 0.497 e. The fourth-order valence-electron chi connectivity index (χ4n) is 2.25. The van der Waals surface area contributed by atoms with Crippen LogP contribution < -0.4 is 10.2 Å². The van der Waals surface area contributed by atoms with Gasteiger partial charge in [0.05, 0.1) is 18.6 Å². The van der Waals surface area contributed by atoms with Crippen LogP contribution >= 0.6 is 0 Å². The maximum absolute atomic E-state index is 11.4. The Hall–Kier alpha value is -1.09. The van der Waals surface area contributed by atoms with E-state index in [4.69, 9.17) is 4.74 Å². The first-order valence-electron chi connectivity index (χ1n) is 6.37. The third-order valence-electron chi connectivity index (χ3n) is 3.42. The van der Waals surface area contributed by atoms with Gasteiger partial charge in [0, 0.05) is 25.1 Å². The van der Waals surface area contributed by atoms with Gasteiger partial charge in [0.1, 0.15) is 5.75 Å². The smallest absolute Gasteiger partial charge is 0.492 e. The summed E-state index contributed by atoms with van der Waals surface area (Å²) in [6.07, 6.45) is 0. The van der Waals surface area contributed by atoms with Gasteiger partial charge < -0.3 is 14.8 Å². The van der Waals surface area contributed by atoms with Crippen LogP contribution in [0.5, 0.6) is 5.75 Å². The number of nitrogens with zero attached hydrogens (tertiary/aromatic N) is 1. The predicted molar refractivity (Wildman–Crippen MR) is 76.8 cm³/mol. The standard InChI is InChI=1S/C12H18BNO5S/c1-19-12-3-2-10(8-11(12)13(15)16)9-14-4-6-20(17,18)7-5-14/h2-3,8,15-16H,4-7,9H2,1H3. The van der Waals surface area contributed by atoms with Gasteiger partial charge in [-0.05, 0) is 11.6 Å². The van der Waals surface area contributed by atoms with E-state index in [0.717, 1.165) is 5.56 Å². The molecule has 0 atom stereocenters. The summed E-state index contributed by atoms with van der Waals surface area (Å²) >= 11 is 0. The van der Waals surface area contributed by atoms with Crippen molar-refractivity contribution in [2.75, 3.05) is 31.7 Å². The summed E-state index contributed by atoms with van der Waals surface area (Å²) in [5.74, 6) is 0.780. The summed E-state index contributed by atoms with van der Waals surface area (Å²) in [5.41, 5.74) is 1.21. The monoisotopic (exact) mass is 299 g/mol. The number of hydrogen-bond acceptors (Lipinski definition) is 6. The van der Waals surface area contributed by atoms with E-state index in [1.54, 1.807) is 12.1 Å². The van der Waals surface area contributed by atoms with E-state index < -0.39 is 17.0 Å². The second-order valence-corrected chi connectivity index (χ2v) is 7.18. The number of rotatable bonds is 4. The Labute approximate surface area is 119 Å². The first-order valence-corrected chi connectivity index (χ1v) is 8.19. The van der Waals surface area contributed by atoms with E-state index in [9.17, 15) is 18.5 Å². The van der Waals surface area contributed by atoms with Crippen LogP contribution in [0.4, 0.5) is 0 Å². The Kier molecular flexibility index (Phi) is 4.69. The van der Waals surface area contributed by atoms with Crippen molar-refractivity contribution < 1.29 is 23.2 Å². The van der Waals surface area contributed by atoms with Crippen LogP contribution in [-0.2, 0) is 16.4 Å². The minimum atomic E-state index is -2.88. The molecule has 6 nitrogen and oxygen atoms in total. The summed E-state index contributed by atoms with van der Waals surface area (Å²) in [7, 11) is -3.00. The lowest BCUT2D eigenvalue weighted by molar-refractivity contribution is 0.287. The molecule has 0 bridgehead atoms. The molecule has 0 amide bonds. The third-order valence-corrected chi connectivity index (χ3v) is 5.02. The summed E-state index contributed by atoms with van der Waals surface area (Å²) in [4.78, 5) is 2.04. The topological polar surface area (TPSA) is 87.1 Å². The van der Waals surface area contributed by atoms with Gasteiger partial charge in [-0.2, -0.15) is 0 Å². The van der Waals surface area contributed by atoms with Crippen LogP contribution in [0.15, 0.2) is 18.2 Å². The summed E-state index contributed by atoms with van der Waals surface area (Å²) in [6, 6.07) is 5.20. The molecule has 2 rings (SSSR count). The summed E-state index contributed by atoms with van der Waals surface area (Å²) < 4.78 is 27.8. The van der Waals surface area contributed by atoms with Crippen LogP contribution in [0, 0.1) is 0 Å². The molecule has 1 fully saturated rings. The molecule has 1 aliphatic heterocycles. The number of benzene rings is 1. The average Bonchev–Trinajstić information content (AvgIpc) is 2.41. The minimum Gasteiger partial charge on any atom is -0.497 e. The van der Waals surface area contributed by atoms with E-state index >= 15 is 0 Å². The highest BCUT2D eigenvalue weighted by Crippen LogP contribution is 2.13. The molecule has 0 unspecified atom stereocenters. The van der Waals surface area contributed by atoms with Crippen LogP contribution in [0.25, 0.3) is 0 Å². The van der Waals surface area contributed by atoms with Gasteiger partial charge in [0.2, 0.25) is 0 Å². The fourth-order valence-corrected chi connectivity index (χ4v) is 3.53. The molecule has 0 aliphatic carbocycles. The Morgan fingerprint density at radius 2 is 1.95 bits per heavy atom. The number of ether oxygens (including phenoxy) is 1. The molecule has 110 valence electrons. The summed E-state index contributed by atoms with van der Waals surface area (Å²) in [6.45, 7) is 1.59. The first kappa shape index (κ1) is 15.3. The fraction of sp³-hybridized carbons (Fsp3) is 0.500. The molecule has 0 saturated carbocycles. The van der Waals surface area contributed by atoms with Crippen molar-refractivity contribution in [3.63, 3.8) is 0 Å². The molecule has 1 aromatic rings. The van der Waals surface area contributed by atoms with Gasteiger partial charge in [-0.3, -0.25) is 4.90 Å². The lowest BCUT2D eigenvalue weighted by Crippen LogP contribution is -2.40. The molecule has 1 aliphatic rings. The molecule has 8 heteroatoms. The van der Waals surface area contributed by atoms with Crippen molar-refractivity contribution in [2.45, 2.75) is 6.54 Å². The number of sulfone groups is 1. The highest BCUT2D eigenvalue weighted by molar-refractivity contribution is 7.91. The van der Waals surface area contributed by atoms with Crippen LogP contribution in [0.3, 0.4) is 0 Å². The third kappa shape index (κ3) is 3.72. The van der Waals surface area contributed by atoms with Crippen molar-refractivity contribution >= 4 is 22.4 Å².